The highest BCUT2D eigenvalue weighted by molar-refractivity contribution is 9.10. The van der Waals surface area contributed by atoms with E-state index in [4.69, 9.17) is 22.1 Å². The van der Waals surface area contributed by atoms with Gasteiger partial charge in [0.1, 0.15) is 23.5 Å². The minimum Gasteiger partial charge on any atom is -0.505 e. The minimum absolute atomic E-state index is 0.0553. The Kier molecular flexibility index (Phi) is 4.19. The Bertz CT molecular complexity index is 489. The van der Waals surface area contributed by atoms with Crippen molar-refractivity contribution in [3.8, 4) is 17.9 Å². The van der Waals surface area contributed by atoms with Gasteiger partial charge in [-0.2, -0.15) is 10.5 Å². The number of phenols is 1. The molecule has 1 rings (SSSR count). The summed E-state index contributed by atoms with van der Waals surface area (Å²) in [5.41, 5.74) is 0.498. The van der Waals surface area contributed by atoms with Crippen molar-refractivity contribution < 1.29 is 5.11 Å². The first-order valence-electron chi connectivity index (χ1n) is 4.03. The molecule has 0 saturated heterocycles. The standard InChI is InChI=1S/C10H5BrClN3O/c11-8-1-7(2-9(12)10(8)16)15-5-6(3-13)4-14/h1-2,5,15-16H. The van der Waals surface area contributed by atoms with Gasteiger partial charge in [0, 0.05) is 11.9 Å². The van der Waals surface area contributed by atoms with Gasteiger partial charge in [0.2, 0.25) is 0 Å². The lowest BCUT2D eigenvalue weighted by Gasteiger charge is -2.05. The molecular formula is C10H5BrClN3O. The summed E-state index contributed by atoms with van der Waals surface area (Å²) in [6.45, 7) is 0. The summed E-state index contributed by atoms with van der Waals surface area (Å²) in [6.07, 6.45) is 1.26. The quantitative estimate of drug-likeness (QED) is 0.649. The molecule has 0 heterocycles. The first kappa shape index (κ1) is 12.4. The van der Waals surface area contributed by atoms with Crippen LogP contribution in [0.25, 0.3) is 0 Å². The van der Waals surface area contributed by atoms with Crippen molar-refractivity contribution in [3.05, 3.63) is 33.4 Å². The molecule has 0 radical (unpaired) electrons. The fraction of sp³-hybridized carbons (Fsp3) is 0. The molecule has 0 aliphatic rings. The zero-order chi connectivity index (χ0) is 12.1. The van der Waals surface area contributed by atoms with Gasteiger partial charge in [0.15, 0.2) is 0 Å². The molecule has 0 aliphatic carbocycles. The molecule has 0 aromatic heterocycles. The van der Waals surface area contributed by atoms with Gasteiger partial charge >= 0.3 is 0 Å². The minimum atomic E-state index is -0.0583. The number of phenolic OH excluding ortho intramolecular Hbond substituents is 1. The number of rotatable bonds is 2. The van der Waals surface area contributed by atoms with Crippen molar-refractivity contribution >= 4 is 33.2 Å². The number of hydrogen-bond acceptors (Lipinski definition) is 4. The summed E-state index contributed by atoms with van der Waals surface area (Å²) in [4.78, 5) is 0. The van der Waals surface area contributed by atoms with Crippen LogP contribution in [0.2, 0.25) is 5.02 Å². The van der Waals surface area contributed by atoms with Gasteiger partial charge in [-0.15, -0.1) is 0 Å². The third kappa shape index (κ3) is 2.90. The second-order valence-corrected chi connectivity index (χ2v) is 3.98. The van der Waals surface area contributed by atoms with Crippen LogP contribution >= 0.6 is 27.5 Å². The summed E-state index contributed by atoms with van der Waals surface area (Å²) in [5, 5.41) is 29.3. The number of nitrogens with one attached hydrogen (secondary N) is 1. The zero-order valence-corrected chi connectivity index (χ0v) is 10.2. The van der Waals surface area contributed by atoms with Crippen molar-refractivity contribution in [2.45, 2.75) is 0 Å². The molecule has 0 atom stereocenters. The van der Waals surface area contributed by atoms with Gasteiger partial charge in [0.25, 0.3) is 0 Å². The maximum atomic E-state index is 9.37. The molecule has 0 spiro atoms. The SMILES string of the molecule is N#CC(C#N)=CNc1cc(Cl)c(O)c(Br)c1. The molecule has 6 heteroatoms. The van der Waals surface area contributed by atoms with Crippen LogP contribution < -0.4 is 5.32 Å². The van der Waals surface area contributed by atoms with Crippen molar-refractivity contribution in [3.63, 3.8) is 0 Å². The highest BCUT2D eigenvalue weighted by Gasteiger charge is 2.05. The molecule has 16 heavy (non-hydrogen) atoms. The van der Waals surface area contributed by atoms with Crippen LogP contribution in [0, 0.1) is 22.7 Å². The van der Waals surface area contributed by atoms with Crippen LogP contribution in [0.4, 0.5) is 5.69 Å². The van der Waals surface area contributed by atoms with E-state index in [1.807, 2.05) is 0 Å². The van der Waals surface area contributed by atoms with E-state index in [9.17, 15) is 5.11 Å². The number of halogens is 2. The first-order valence-corrected chi connectivity index (χ1v) is 5.20. The molecule has 0 amide bonds. The predicted molar refractivity (Wildman–Crippen MR) is 63.7 cm³/mol. The van der Waals surface area contributed by atoms with Gasteiger partial charge in [-0.1, -0.05) is 11.6 Å². The molecule has 1 aromatic rings. The largest absolute Gasteiger partial charge is 0.505 e. The lowest BCUT2D eigenvalue weighted by atomic mass is 10.3. The van der Waals surface area contributed by atoms with Gasteiger partial charge in [0.05, 0.1) is 9.50 Å². The van der Waals surface area contributed by atoms with Crippen molar-refractivity contribution in [2.24, 2.45) is 0 Å². The van der Waals surface area contributed by atoms with E-state index >= 15 is 0 Å². The number of hydrogen-bond donors (Lipinski definition) is 2. The second-order valence-electron chi connectivity index (χ2n) is 2.71. The number of nitrogens with zero attached hydrogens (tertiary/aromatic N) is 2. The van der Waals surface area contributed by atoms with E-state index in [0.717, 1.165) is 0 Å². The summed E-state index contributed by atoms with van der Waals surface area (Å²) in [7, 11) is 0. The van der Waals surface area contributed by atoms with E-state index < -0.39 is 0 Å². The molecule has 0 unspecified atom stereocenters. The Hall–Kier alpha value is -1.69. The normalized spacial score (nSPS) is 8.75. The molecule has 0 bridgehead atoms. The first-order chi connectivity index (χ1) is 7.58. The maximum absolute atomic E-state index is 9.37. The van der Waals surface area contributed by atoms with Crippen LogP contribution in [0.5, 0.6) is 5.75 Å². The average Bonchev–Trinajstić information content (AvgIpc) is 2.27. The molecule has 1 aromatic carbocycles. The average molecular weight is 299 g/mol. The van der Waals surface area contributed by atoms with E-state index in [-0.39, 0.29) is 16.3 Å². The second kappa shape index (κ2) is 5.41. The Balaban J connectivity index is 2.98. The monoisotopic (exact) mass is 297 g/mol. The Morgan fingerprint density at radius 3 is 2.56 bits per heavy atom. The molecule has 0 fully saturated rings. The molecule has 4 nitrogen and oxygen atoms in total. The van der Waals surface area contributed by atoms with E-state index in [1.165, 1.54) is 12.3 Å². The number of allylic oxidation sites excluding steroid dienone is 1. The topological polar surface area (TPSA) is 79.8 Å². The van der Waals surface area contributed by atoms with E-state index in [2.05, 4.69) is 21.2 Å². The van der Waals surface area contributed by atoms with Crippen LogP contribution in [0.1, 0.15) is 0 Å². The summed E-state index contributed by atoms with van der Waals surface area (Å²) >= 11 is 8.84. The van der Waals surface area contributed by atoms with Crippen LogP contribution in [0.15, 0.2) is 28.4 Å². The number of nitriles is 2. The number of benzene rings is 1. The van der Waals surface area contributed by atoms with Crippen molar-refractivity contribution in [1.82, 2.24) is 0 Å². The third-order valence-corrected chi connectivity index (χ3v) is 2.53. The fourth-order valence-electron chi connectivity index (χ4n) is 0.894. The van der Waals surface area contributed by atoms with Crippen LogP contribution in [-0.2, 0) is 0 Å². The van der Waals surface area contributed by atoms with Gasteiger partial charge in [-0.3, -0.25) is 0 Å². The smallest absolute Gasteiger partial charge is 0.148 e. The highest BCUT2D eigenvalue weighted by atomic mass is 79.9. The maximum Gasteiger partial charge on any atom is 0.148 e. The summed E-state index contributed by atoms with van der Waals surface area (Å²) in [5.74, 6) is -0.0583. The van der Waals surface area contributed by atoms with Gasteiger partial charge in [-0.25, -0.2) is 0 Å². The predicted octanol–water partition coefficient (Wildman–Crippen LogP) is 3.15. The number of aromatic hydroxyl groups is 1. The van der Waals surface area contributed by atoms with Crippen LogP contribution in [-0.4, -0.2) is 5.11 Å². The van der Waals surface area contributed by atoms with E-state index in [0.29, 0.717) is 10.2 Å². The number of anilines is 1. The molecule has 0 saturated carbocycles. The van der Waals surface area contributed by atoms with E-state index in [1.54, 1.807) is 18.2 Å². The highest BCUT2D eigenvalue weighted by Crippen LogP contribution is 2.34. The van der Waals surface area contributed by atoms with Crippen molar-refractivity contribution in [2.75, 3.05) is 5.32 Å². The molecular weight excluding hydrogens is 293 g/mol. The summed E-state index contributed by atoms with van der Waals surface area (Å²) < 4.78 is 0.423. The zero-order valence-electron chi connectivity index (χ0n) is 7.83. The third-order valence-electron chi connectivity index (χ3n) is 1.64. The molecule has 0 aliphatic heterocycles. The van der Waals surface area contributed by atoms with Gasteiger partial charge in [-0.05, 0) is 28.1 Å². The lowest BCUT2D eigenvalue weighted by molar-refractivity contribution is 0.472. The van der Waals surface area contributed by atoms with Gasteiger partial charge < -0.3 is 10.4 Å². The van der Waals surface area contributed by atoms with Crippen molar-refractivity contribution in [1.29, 1.82) is 10.5 Å². The Labute approximate surface area is 106 Å². The molecule has 2 N–H and O–H groups in total. The fourth-order valence-corrected chi connectivity index (χ4v) is 1.69. The summed E-state index contributed by atoms with van der Waals surface area (Å²) in [6, 6.07) is 6.46. The lowest BCUT2D eigenvalue weighted by Crippen LogP contribution is -1.90. The molecule has 80 valence electrons. The van der Waals surface area contributed by atoms with Crippen LogP contribution in [0.3, 0.4) is 0 Å². The Morgan fingerprint density at radius 1 is 1.44 bits per heavy atom. The Morgan fingerprint density at radius 2 is 2.06 bits per heavy atom.